The van der Waals surface area contributed by atoms with Crippen LogP contribution in [0.2, 0.25) is 0 Å². The highest BCUT2D eigenvalue weighted by atomic mass is 16.6. The Labute approximate surface area is 123 Å². The van der Waals surface area contributed by atoms with Crippen molar-refractivity contribution in [3.8, 4) is 0 Å². The molecule has 0 saturated carbocycles. The lowest BCUT2D eigenvalue weighted by atomic mass is 10.0. The van der Waals surface area contributed by atoms with Crippen LogP contribution in [-0.2, 0) is 11.3 Å². The number of rotatable bonds is 3. The van der Waals surface area contributed by atoms with Gasteiger partial charge in [0.2, 0.25) is 0 Å². The molecule has 0 aliphatic carbocycles. The fourth-order valence-corrected chi connectivity index (χ4v) is 2.41. The van der Waals surface area contributed by atoms with E-state index in [2.05, 4.69) is 0 Å². The summed E-state index contributed by atoms with van der Waals surface area (Å²) in [6.45, 7) is 1.16. The molecule has 1 N–H and O–H groups in total. The van der Waals surface area contributed by atoms with E-state index in [0.717, 1.165) is 5.56 Å². The average molecular weight is 292 g/mol. The van der Waals surface area contributed by atoms with Crippen LogP contribution in [0.15, 0.2) is 30.3 Å². The maximum atomic E-state index is 12.0. The first-order chi connectivity index (χ1) is 10.1. The van der Waals surface area contributed by atoms with Gasteiger partial charge in [0.25, 0.3) is 0 Å². The minimum absolute atomic E-state index is 0.0314. The molecule has 2 amide bonds. The minimum atomic E-state index is -0.900. The summed E-state index contributed by atoms with van der Waals surface area (Å²) in [4.78, 5) is 25.8. The van der Waals surface area contributed by atoms with Crippen LogP contribution in [0.25, 0.3) is 0 Å². The highest BCUT2D eigenvalue weighted by molar-refractivity contribution is 5.68. The van der Waals surface area contributed by atoms with Gasteiger partial charge in [0.15, 0.2) is 0 Å². The molecule has 1 heterocycles. The van der Waals surface area contributed by atoms with Gasteiger partial charge in [0, 0.05) is 26.2 Å². The van der Waals surface area contributed by atoms with Crippen molar-refractivity contribution >= 4 is 12.2 Å². The predicted octanol–water partition coefficient (Wildman–Crippen LogP) is 2.40. The third-order valence-electron chi connectivity index (χ3n) is 3.78. The molecule has 0 bridgehead atoms. The molecule has 1 fully saturated rings. The number of carbonyl (C=O) groups excluding carboxylic acids is 1. The van der Waals surface area contributed by atoms with Crippen LogP contribution in [0.4, 0.5) is 9.59 Å². The molecule has 0 aromatic heterocycles. The van der Waals surface area contributed by atoms with Gasteiger partial charge in [-0.25, -0.2) is 9.59 Å². The molecule has 2 rings (SSSR count). The van der Waals surface area contributed by atoms with Crippen LogP contribution in [-0.4, -0.2) is 53.3 Å². The van der Waals surface area contributed by atoms with E-state index in [1.54, 1.807) is 11.9 Å². The zero-order valence-corrected chi connectivity index (χ0v) is 12.1. The van der Waals surface area contributed by atoms with Crippen LogP contribution in [0.3, 0.4) is 0 Å². The first-order valence-corrected chi connectivity index (χ1v) is 6.99. The van der Waals surface area contributed by atoms with Crippen LogP contribution in [0.5, 0.6) is 0 Å². The molecule has 0 unspecified atom stereocenters. The standard InChI is InChI=1S/C15H20N2O4/c1-16(13-7-9-17(10-8-13)14(18)19)15(20)21-11-12-5-3-2-4-6-12/h2-6,13H,7-11H2,1H3,(H,18,19). The topological polar surface area (TPSA) is 70.1 Å². The maximum absolute atomic E-state index is 12.0. The van der Waals surface area contributed by atoms with Crippen molar-refractivity contribution < 1.29 is 19.4 Å². The number of hydrogen-bond acceptors (Lipinski definition) is 3. The summed E-state index contributed by atoms with van der Waals surface area (Å²) in [5.41, 5.74) is 0.944. The fourth-order valence-electron chi connectivity index (χ4n) is 2.41. The van der Waals surface area contributed by atoms with Crippen LogP contribution >= 0.6 is 0 Å². The molecule has 0 atom stereocenters. The summed E-state index contributed by atoms with van der Waals surface area (Å²) < 4.78 is 5.27. The second-order valence-corrected chi connectivity index (χ2v) is 5.15. The van der Waals surface area contributed by atoms with Gasteiger partial charge in [-0.3, -0.25) is 0 Å². The molecule has 0 spiro atoms. The van der Waals surface area contributed by atoms with Gasteiger partial charge in [-0.1, -0.05) is 30.3 Å². The van der Waals surface area contributed by atoms with Crippen molar-refractivity contribution in [2.45, 2.75) is 25.5 Å². The molecular weight excluding hydrogens is 272 g/mol. The molecular formula is C15H20N2O4. The molecule has 1 aromatic carbocycles. The number of hydrogen-bond donors (Lipinski definition) is 1. The van der Waals surface area contributed by atoms with Crippen molar-refractivity contribution in [2.24, 2.45) is 0 Å². The van der Waals surface area contributed by atoms with E-state index in [1.807, 2.05) is 30.3 Å². The summed E-state index contributed by atoms with van der Waals surface area (Å²) in [6.07, 6.45) is 0.0160. The first kappa shape index (κ1) is 15.2. The molecule has 21 heavy (non-hydrogen) atoms. The van der Waals surface area contributed by atoms with Crippen LogP contribution in [0.1, 0.15) is 18.4 Å². The van der Waals surface area contributed by atoms with Gasteiger partial charge in [-0.15, -0.1) is 0 Å². The molecule has 6 heteroatoms. The third kappa shape index (κ3) is 4.11. The summed E-state index contributed by atoms with van der Waals surface area (Å²) >= 11 is 0. The normalized spacial score (nSPS) is 15.6. The molecule has 1 aromatic rings. The quantitative estimate of drug-likeness (QED) is 0.928. The number of ether oxygens (including phenoxy) is 1. The lowest BCUT2D eigenvalue weighted by Gasteiger charge is -2.34. The largest absolute Gasteiger partial charge is 0.465 e. The van der Waals surface area contributed by atoms with Crippen molar-refractivity contribution in [3.05, 3.63) is 35.9 Å². The van der Waals surface area contributed by atoms with E-state index >= 15 is 0 Å². The number of carbonyl (C=O) groups is 2. The van der Waals surface area contributed by atoms with Gasteiger partial charge in [0.1, 0.15) is 6.61 Å². The lowest BCUT2D eigenvalue weighted by Crippen LogP contribution is -2.47. The molecule has 1 aliphatic heterocycles. The van der Waals surface area contributed by atoms with Gasteiger partial charge >= 0.3 is 12.2 Å². The third-order valence-corrected chi connectivity index (χ3v) is 3.78. The predicted molar refractivity (Wildman–Crippen MR) is 77.0 cm³/mol. The van der Waals surface area contributed by atoms with Gasteiger partial charge in [-0.05, 0) is 18.4 Å². The van der Waals surface area contributed by atoms with E-state index in [9.17, 15) is 9.59 Å². The zero-order valence-electron chi connectivity index (χ0n) is 12.1. The van der Waals surface area contributed by atoms with E-state index in [0.29, 0.717) is 25.9 Å². The zero-order chi connectivity index (χ0) is 15.2. The monoisotopic (exact) mass is 292 g/mol. The number of likely N-dealkylation sites (tertiary alicyclic amines) is 1. The smallest absolute Gasteiger partial charge is 0.410 e. The summed E-state index contributed by atoms with van der Waals surface area (Å²) in [7, 11) is 1.70. The Morgan fingerprint density at radius 2 is 1.90 bits per heavy atom. The highest BCUT2D eigenvalue weighted by Gasteiger charge is 2.27. The van der Waals surface area contributed by atoms with Crippen LogP contribution < -0.4 is 0 Å². The van der Waals surface area contributed by atoms with Crippen LogP contribution in [0, 0.1) is 0 Å². The minimum Gasteiger partial charge on any atom is -0.465 e. The number of amides is 2. The maximum Gasteiger partial charge on any atom is 0.410 e. The van der Waals surface area contributed by atoms with Gasteiger partial charge in [-0.2, -0.15) is 0 Å². The number of piperidine rings is 1. The van der Waals surface area contributed by atoms with Crippen molar-refractivity contribution in [2.75, 3.05) is 20.1 Å². The Hall–Kier alpha value is -2.24. The number of benzene rings is 1. The summed E-state index contributed by atoms with van der Waals surface area (Å²) in [5, 5.41) is 8.90. The van der Waals surface area contributed by atoms with E-state index in [4.69, 9.17) is 9.84 Å². The van der Waals surface area contributed by atoms with E-state index in [-0.39, 0.29) is 18.7 Å². The molecule has 114 valence electrons. The van der Waals surface area contributed by atoms with E-state index < -0.39 is 6.09 Å². The number of carboxylic acid groups (broad SMARTS) is 1. The Morgan fingerprint density at radius 1 is 1.29 bits per heavy atom. The Kier molecular flexibility index (Phi) is 5.03. The number of nitrogens with zero attached hydrogens (tertiary/aromatic N) is 2. The molecule has 1 saturated heterocycles. The Balaban J connectivity index is 1.79. The molecule has 0 radical (unpaired) electrons. The van der Waals surface area contributed by atoms with Crippen molar-refractivity contribution in [1.29, 1.82) is 0 Å². The molecule has 1 aliphatic rings. The first-order valence-electron chi connectivity index (χ1n) is 6.99. The van der Waals surface area contributed by atoms with Crippen molar-refractivity contribution in [1.82, 2.24) is 9.80 Å². The van der Waals surface area contributed by atoms with E-state index in [1.165, 1.54) is 4.90 Å². The second-order valence-electron chi connectivity index (χ2n) is 5.15. The fraction of sp³-hybridized carbons (Fsp3) is 0.467. The lowest BCUT2D eigenvalue weighted by molar-refractivity contribution is 0.0713. The Bertz CT molecular complexity index is 484. The van der Waals surface area contributed by atoms with Gasteiger partial charge in [0.05, 0.1) is 0 Å². The SMILES string of the molecule is CN(C(=O)OCc1ccccc1)C1CCN(C(=O)O)CC1. The Morgan fingerprint density at radius 3 is 2.48 bits per heavy atom. The second kappa shape index (κ2) is 6.97. The average Bonchev–Trinajstić information content (AvgIpc) is 2.53. The van der Waals surface area contributed by atoms with Gasteiger partial charge < -0.3 is 19.6 Å². The molecule has 6 nitrogen and oxygen atoms in total. The summed E-state index contributed by atoms with van der Waals surface area (Å²) in [5.74, 6) is 0. The van der Waals surface area contributed by atoms with Crippen molar-refractivity contribution in [3.63, 3.8) is 0 Å². The highest BCUT2D eigenvalue weighted by Crippen LogP contribution is 2.16. The summed E-state index contributed by atoms with van der Waals surface area (Å²) in [6, 6.07) is 9.54.